The molecule has 4 nitrogen and oxygen atoms in total. The van der Waals surface area contributed by atoms with E-state index in [9.17, 15) is 5.11 Å². The molecule has 1 aromatic rings. The van der Waals surface area contributed by atoms with Gasteiger partial charge < -0.3 is 10.0 Å². The number of hydrogen-bond donors (Lipinski definition) is 1. The Morgan fingerprint density at radius 2 is 1.89 bits per heavy atom. The van der Waals surface area contributed by atoms with Crippen molar-refractivity contribution >= 4 is 5.95 Å². The van der Waals surface area contributed by atoms with Gasteiger partial charge in [-0.2, -0.15) is 0 Å². The maximum Gasteiger partial charge on any atom is 0.225 e. The van der Waals surface area contributed by atoms with Crippen molar-refractivity contribution < 1.29 is 5.11 Å². The standard InChI is InChI=1S/C15H27N3O/c1-6-14(7-2)18(9-11(3)4)15-16-8-13(10-19)12(5)17-15/h8,11,14,19H,6-7,9-10H2,1-5H3. The van der Waals surface area contributed by atoms with Crippen LogP contribution in [0.4, 0.5) is 5.95 Å². The Morgan fingerprint density at radius 3 is 2.32 bits per heavy atom. The van der Waals surface area contributed by atoms with E-state index in [4.69, 9.17) is 0 Å². The zero-order valence-corrected chi connectivity index (χ0v) is 12.8. The molecular formula is C15H27N3O. The van der Waals surface area contributed by atoms with E-state index in [1.54, 1.807) is 6.20 Å². The third-order valence-corrected chi connectivity index (χ3v) is 3.44. The molecule has 0 aliphatic rings. The Morgan fingerprint density at radius 1 is 1.26 bits per heavy atom. The maximum absolute atomic E-state index is 9.20. The molecule has 19 heavy (non-hydrogen) atoms. The second kappa shape index (κ2) is 7.43. The first-order valence-corrected chi connectivity index (χ1v) is 7.23. The van der Waals surface area contributed by atoms with E-state index in [-0.39, 0.29) is 6.61 Å². The summed E-state index contributed by atoms with van der Waals surface area (Å²) < 4.78 is 0. The minimum absolute atomic E-state index is 0.00127. The zero-order valence-electron chi connectivity index (χ0n) is 12.8. The lowest BCUT2D eigenvalue weighted by Gasteiger charge is -2.32. The van der Waals surface area contributed by atoms with Gasteiger partial charge in [0.25, 0.3) is 0 Å². The number of hydrogen-bond acceptors (Lipinski definition) is 4. The normalized spacial score (nSPS) is 11.4. The molecule has 1 N–H and O–H groups in total. The summed E-state index contributed by atoms with van der Waals surface area (Å²) in [6.45, 7) is 11.7. The van der Waals surface area contributed by atoms with Crippen LogP contribution < -0.4 is 4.90 Å². The summed E-state index contributed by atoms with van der Waals surface area (Å²) >= 11 is 0. The number of nitrogens with zero attached hydrogens (tertiary/aromatic N) is 3. The van der Waals surface area contributed by atoms with Gasteiger partial charge in [0.1, 0.15) is 0 Å². The highest BCUT2D eigenvalue weighted by Gasteiger charge is 2.19. The van der Waals surface area contributed by atoms with Crippen LogP contribution in [0.5, 0.6) is 0 Å². The summed E-state index contributed by atoms with van der Waals surface area (Å²) in [5, 5.41) is 9.20. The fourth-order valence-corrected chi connectivity index (χ4v) is 2.29. The SMILES string of the molecule is CCC(CC)N(CC(C)C)c1ncc(CO)c(C)n1. The average Bonchev–Trinajstić information content (AvgIpc) is 2.38. The second-order valence-electron chi connectivity index (χ2n) is 5.46. The van der Waals surface area contributed by atoms with Gasteiger partial charge in [0.05, 0.1) is 6.61 Å². The molecule has 0 unspecified atom stereocenters. The van der Waals surface area contributed by atoms with Gasteiger partial charge in [0.2, 0.25) is 5.95 Å². The first-order valence-electron chi connectivity index (χ1n) is 7.23. The van der Waals surface area contributed by atoms with E-state index < -0.39 is 0 Å². The Labute approximate surface area is 116 Å². The second-order valence-corrected chi connectivity index (χ2v) is 5.46. The lowest BCUT2D eigenvalue weighted by atomic mass is 10.1. The summed E-state index contributed by atoms with van der Waals surface area (Å²) in [5.74, 6) is 1.36. The monoisotopic (exact) mass is 265 g/mol. The van der Waals surface area contributed by atoms with Gasteiger partial charge in [0.15, 0.2) is 0 Å². The molecule has 0 aromatic carbocycles. The third-order valence-electron chi connectivity index (χ3n) is 3.44. The first-order chi connectivity index (χ1) is 9.03. The molecule has 1 rings (SSSR count). The lowest BCUT2D eigenvalue weighted by Crippen LogP contribution is -2.38. The van der Waals surface area contributed by atoms with Crippen molar-refractivity contribution in [1.29, 1.82) is 0 Å². The molecule has 0 fully saturated rings. The van der Waals surface area contributed by atoms with Crippen molar-refractivity contribution in [3.63, 3.8) is 0 Å². The largest absolute Gasteiger partial charge is 0.392 e. The molecule has 108 valence electrons. The highest BCUT2D eigenvalue weighted by atomic mass is 16.3. The van der Waals surface area contributed by atoms with Crippen molar-refractivity contribution in [1.82, 2.24) is 9.97 Å². The summed E-state index contributed by atoms with van der Waals surface area (Å²) in [6, 6.07) is 0.474. The average molecular weight is 265 g/mol. The van der Waals surface area contributed by atoms with Gasteiger partial charge in [-0.1, -0.05) is 27.7 Å². The van der Waals surface area contributed by atoms with Crippen LogP contribution in [0.3, 0.4) is 0 Å². The Hall–Kier alpha value is -1.16. The third kappa shape index (κ3) is 4.16. The van der Waals surface area contributed by atoms with E-state index in [0.717, 1.165) is 36.6 Å². The quantitative estimate of drug-likeness (QED) is 0.823. The fraction of sp³-hybridized carbons (Fsp3) is 0.733. The number of aromatic nitrogens is 2. The zero-order chi connectivity index (χ0) is 14.4. The molecular weight excluding hydrogens is 238 g/mol. The Balaban J connectivity index is 3.05. The van der Waals surface area contributed by atoms with Crippen LogP contribution in [0.2, 0.25) is 0 Å². The van der Waals surface area contributed by atoms with Gasteiger partial charge in [-0.25, -0.2) is 9.97 Å². The smallest absolute Gasteiger partial charge is 0.225 e. The van der Waals surface area contributed by atoms with Gasteiger partial charge in [0, 0.05) is 30.0 Å². The summed E-state index contributed by atoms with van der Waals surface area (Å²) in [5.41, 5.74) is 1.67. The highest BCUT2D eigenvalue weighted by Crippen LogP contribution is 2.19. The molecule has 0 aliphatic heterocycles. The number of aryl methyl sites for hydroxylation is 1. The van der Waals surface area contributed by atoms with Crippen LogP contribution in [0.25, 0.3) is 0 Å². The molecule has 0 amide bonds. The van der Waals surface area contributed by atoms with Gasteiger partial charge in [-0.3, -0.25) is 0 Å². The summed E-state index contributed by atoms with van der Waals surface area (Å²) in [4.78, 5) is 11.3. The molecule has 4 heteroatoms. The minimum Gasteiger partial charge on any atom is -0.392 e. The van der Waals surface area contributed by atoms with Crippen LogP contribution in [-0.2, 0) is 6.61 Å². The first kappa shape index (κ1) is 15.9. The summed E-state index contributed by atoms with van der Waals surface area (Å²) in [6.07, 6.45) is 3.92. The van der Waals surface area contributed by atoms with E-state index in [1.807, 2.05) is 6.92 Å². The van der Waals surface area contributed by atoms with Gasteiger partial charge >= 0.3 is 0 Å². The molecule has 0 radical (unpaired) electrons. The van der Waals surface area contributed by atoms with Crippen molar-refractivity contribution in [3.05, 3.63) is 17.5 Å². The van der Waals surface area contributed by atoms with Crippen LogP contribution in [0.15, 0.2) is 6.20 Å². The van der Waals surface area contributed by atoms with Crippen LogP contribution >= 0.6 is 0 Å². The molecule has 0 saturated heterocycles. The Bertz CT molecular complexity index is 389. The molecule has 0 atom stereocenters. The van der Waals surface area contributed by atoms with Crippen molar-refractivity contribution in [3.8, 4) is 0 Å². The van der Waals surface area contributed by atoms with E-state index in [2.05, 4.69) is 42.6 Å². The highest BCUT2D eigenvalue weighted by molar-refractivity contribution is 5.34. The van der Waals surface area contributed by atoms with Gasteiger partial charge in [-0.05, 0) is 25.7 Å². The molecule has 1 aromatic heterocycles. The molecule has 0 spiro atoms. The van der Waals surface area contributed by atoms with E-state index in [0.29, 0.717) is 12.0 Å². The van der Waals surface area contributed by atoms with Crippen LogP contribution in [0, 0.1) is 12.8 Å². The number of aliphatic hydroxyl groups excluding tert-OH is 1. The van der Waals surface area contributed by atoms with Crippen LogP contribution in [-0.4, -0.2) is 27.7 Å². The maximum atomic E-state index is 9.20. The fourth-order valence-electron chi connectivity index (χ4n) is 2.29. The molecule has 0 aliphatic carbocycles. The Kier molecular flexibility index (Phi) is 6.22. The number of aliphatic hydroxyl groups is 1. The number of anilines is 1. The number of rotatable bonds is 7. The molecule has 0 bridgehead atoms. The topological polar surface area (TPSA) is 49.2 Å². The van der Waals surface area contributed by atoms with Crippen LogP contribution in [0.1, 0.15) is 51.8 Å². The molecule has 0 saturated carbocycles. The van der Waals surface area contributed by atoms with E-state index >= 15 is 0 Å². The lowest BCUT2D eigenvalue weighted by molar-refractivity contribution is 0.280. The van der Waals surface area contributed by atoms with E-state index in [1.165, 1.54) is 0 Å². The predicted molar refractivity (Wildman–Crippen MR) is 79.2 cm³/mol. The minimum atomic E-state index is 0.00127. The van der Waals surface area contributed by atoms with Gasteiger partial charge in [-0.15, -0.1) is 0 Å². The van der Waals surface area contributed by atoms with Crippen molar-refractivity contribution in [2.45, 2.75) is 60.1 Å². The van der Waals surface area contributed by atoms with Crippen molar-refractivity contribution in [2.24, 2.45) is 5.92 Å². The molecule has 1 heterocycles. The summed E-state index contributed by atoms with van der Waals surface area (Å²) in [7, 11) is 0. The predicted octanol–water partition coefficient (Wildman–Crippen LogP) is 2.93. The van der Waals surface area contributed by atoms with Crippen molar-refractivity contribution in [2.75, 3.05) is 11.4 Å².